The van der Waals surface area contributed by atoms with E-state index in [4.69, 9.17) is 10.5 Å². The van der Waals surface area contributed by atoms with Crippen LogP contribution >= 0.6 is 15.9 Å². The Morgan fingerprint density at radius 3 is 3.00 bits per heavy atom. The van der Waals surface area contributed by atoms with E-state index < -0.39 is 0 Å². The molecule has 0 spiro atoms. The lowest BCUT2D eigenvalue weighted by atomic mass is 10.2. The van der Waals surface area contributed by atoms with Crippen LogP contribution in [0, 0.1) is 6.92 Å². The zero-order valence-corrected chi connectivity index (χ0v) is 12.5. The van der Waals surface area contributed by atoms with Crippen LogP contribution in [0.2, 0.25) is 0 Å². The lowest BCUT2D eigenvalue weighted by Crippen LogP contribution is -2.33. The number of hydrogen-bond donors (Lipinski definition) is 1. The Balaban J connectivity index is 2.18. The quantitative estimate of drug-likeness (QED) is 0.928. The zero-order valence-electron chi connectivity index (χ0n) is 10.9. The van der Waals surface area contributed by atoms with Crippen LogP contribution in [-0.2, 0) is 4.74 Å². The Labute approximate surface area is 117 Å². The third-order valence-corrected chi connectivity index (χ3v) is 4.36. The maximum atomic E-state index is 5.86. The molecule has 1 saturated heterocycles. The van der Waals surface area contributed by atoms with E-state index in [9.17, 15) is 0 Å². The fourth-order valence-corrected chi connectivity index (χ4v) is 2.78. The highest BCUT2D eigenvalue weighted by atomic mass is 79.9. The molecule has 1 aliphatic heterocycles. The average molecular weight is 314 g/mol. The second kappa shape index (κ2) is 5.89. The number of likely N-dealkylation sites (N-methyl/N-ethyl adjacent to an activating group) is 1. The highest BCUT2D eigenvalue weighted by Gasteiger charge is 2.21. The van der Waals surface area contributed by atoms with E-state index in [1.54, 1.807) is 6.20 Å². The molecule has 1 fully saturated rings. The Hall–Kier alpha value is -0.810. The number of rotatable bonds is 4. The largest absolute Gasteiger partial charge is 0.397 e. The van der Waals surface area contributed by atoms with Crippen LogP contribution in [0.25, 0.3) is 0 Å². The van der Waals surface area contributed by atoms with Gasteiger partial charge in [-0.25, -0.2) is 4.98 Å². The van der Waals surface area contributed by atoms with Crippen molar-refractivity contribution in [1.29, 1.82) is 0 Å². The van der Waals surface area contributed by atoms with E-state index in [0.29, 0.717) is 6.10 Å². The molecule has 4 nitrogen and oxygen atoms in total. The van der Waals surface area contributed by atoms with Crippen LogP contribution in [0.3, 0.4) is 0 Å². The summed E-state index contributed by atoms with van der Waals surface area (Å²) in [4.78, 5) is 6.69. The third-order valence-electron chi connectivity index (χ3n) is 3.41. The van der Waals surface area contributed by atoms with E-state index in [-0.39, 0.29) is 0 Å². The van der Waals surface area contributed by atoms with Gasteiger partial charge in [0.1, 0.15) is 5.82 Å². The number of nitrogen functional groups attached to an aromatic ring is 1. The summed E-state index contributed by atoms with van der Waals surface area (Å²) >= 11 is 3.60. The molecule has 1 aliphatic rings. The summed E-state index contributed by atoms with van der Waals surface area (Å²) in [6.07, 6.45) is 4.37. The van der Waals surface area contributed by atoms with E-state index in [0.717, 1.165) is 54.1 Å². The molecule has 2 N–H and O–H groups in total. The molecule has 1 unspecified atom stereocenters. The van der Waals surface area contributed by atoms with Crippen molar-refractivity contribution in [3.05, 3.63) is 16.2 Å². The monoisotopic (exact) mass is 313 g/mol. The van der Waals surface area contributed by atoms with Gasteiger partial charge in [-0.05, 0) is 48.2 Å². The van der Waals surface area contributed by atoms with Gasteiger partial charge < -0.3 is 15.4 Å². The molecule has 2 heterocycles. The number of pyridine rings is 1. The van der Waals surface area contributed by atoms with Gasteiger partial charge in [-0.3, -0.25) is 0 Å². The highest BCUT2D eigenvalue weighted by Crippen LogP contribution is 2.31. The second-order valence-corrected chi connectivity index (χ2v) is 5.44. The summed E-state index contributed by atoms with van der Waals surface area (Å²) < 4.78 is 6.68. The summed E-state index contributed by atoms with van der Waals surface area (Å²) in [6, 6.07) is 0. The molecular weight excluding hydrogens is 294 g/mol. The predicted molar refractivity (Wildman–Crippen MR) is 77.9 cm³/mol. The van der Waals surface area contributed by atoms with E-state index in [1.165, 1.54) is 0 Å². The summed E-state index contributed by atoms with van der Waals surface area (Å²) in [5.74, 6) is 0.958. The van der Waals surface area contributed by atoms with Crippen LogP contribution in [0.1, 0.15) is 25.3 Å². The van der Waals surface area contributed by atoms with Crippen molar-refractivity contribution in [2.24, 2.45) is 0 Å². The van der Waals surface area contributed by atoms with Gasteiger partial charge in [0.25, 0.3) is 0 Å². The minimum Gasteiger partial charge on any atom is -0.397 e. The summed E-state index contributed by atoms with van der Waals surface area (Å²) in [7, 11) is 0. The van der Waals surface area contributed by atoms with Gasteiger partial charge in [0, 0.05) is 19.7 Å². The first-order valence-electron chi connectivity index (χ1n) is 6.40. The number of hydrogen-bond acceptors (Lipinski definition) is 4. The smallest absolute Gasteiger partial charge is 0.143 e. The number of ether oxygens (including phenoxy) is 1. The molecule has 1 atom stereocenters. The first kappa shape index (κ1) is 13.6. The molecular formula is C13H20BrN3O. The van der Waals surface area contributed by atoms with Crippen LogP contribution < -0.4 is 10.6 Å². The molecule has 0 aromatic carbocycles. The first-order valence-corrected chi connectivity index (χ1v) is 7.20. The lowest BCUT2D eigenvalue weighted by molar-refractivity contribution is 0.115. The summed E-state index contributed by atoms with van der Waals surface area (Å²) in [5.41, 5.74) is 7.63. The number of aromatic nitrogens is 1. The number of nitrogens with zero attached hydrogens (tertiary/aromatic N) is 2. The van der Waals surface area contributed by atoms with Crippen molar-refractivity contribution in [3.63, 3.8) is 0 Å². The van der Waals surface area contributed by atoms with Crippen LogP contribution in [0.5, 0.6) is 0 Å². The zero-order chi connectivity index (χ0) is 13.1. The van der Waals surface area contributed by atoms with Crippen molar-refractivity contribution in [3.8, 4) is 0 Å². The molecule has 5 heteroatoms. The van der Waals surface area contributed by atoms with E-state index in [1.807, 2.05) is 6.92 Å². The number of halogens is 1. The molecule has 100 valence electrons. The fourth-order valence-electron chi connectivity index (χ4n) is 2.20. The molecule has 0 radical (unpaired) electrons. The lowest BCUT2D eigenvalue weighted by Gasteiger charge is -2.26. The van der Waals surface area contributed by atoms with Gasteiger partial charge in [-0.2, -0.15) is 0 Å². The summed E-state index contributed by atoms with van der Waals surface area (Å²) in [6.45, 7) is 6.83. The average Bonchev–Trinajstić information content (AvgIpc) is 2.87. The Kier molecular flexibility index (Phi) is 4.45. The molecule has 0 aliphatic carbocycles. The Morgan fingerprint density at radius 2 is 2.39 bits per heavy atom. The fraction of sp³-hybridized carbons (Fsp3) is 0.615. The predicted octanol–water partition coefficient (Wildman–Crippen LogP) is 2.74. The first-order chi connectivity index (χ1) is 8.63. The minimum absolute atomic E-state index is 0.330. The van der Waals surface area contributed by atoms with E-state index in [2.05, 4.69) is 32.7 Å². The topological polar surface area (TPSA) is 51.4 Å². The van der Waals surface area contributed by atoms with Gasteiger partial charge in [-0.1, -0.05) is 0 Å². The van der Waals surface area contributed by atoms with Crippen molar-refractivity contribution in [2.45, 2.75) is 32.8 Å². The van der Waals surface area contributed by atoms with Crippen LogP contribution in [0.15, 0.2) is 10.7 Å². The number of anilines is 2. The van der Waals surface area contributed by atoms with Crippen LogP contribution in [0.4, 0.5) is 11.5 Å². The van der Waals surface area contributed by atoms with Gasteiger partial charge in [-0.15, -0.1) is 0 Å². The molecule has 1 aromatic heterocycles. The Bertz CT molecular complexity index is 419. The molecule has 1 aromatic rings. The molecule has 2 rings (SSSR count). The van der Waals surface area contributed by atoms with Gasteiger partial charge in [0.2, 0.25) is 0 Å². The normalized spacial score (nSPS) is 19.2. The standard InChI is InChI=1S/C13H20BrN3O/c1-3-17(8-10-5-4-6-18-10)13-12(14)9(2)11(15)7-16-13/h7,10H,3-6,8,15H2,1-2H3. The summed E-state index contributed by atoms with van der Waals surface area (Å²) in [5, 5.41) is 0. The van der Waals surface area contributed by atoms with Crippen molar-refractivity contribution in [1.82, 2.24) is 4.98 Å². The van der Waals surface area contributed by atoms with Gasteiger partial charge in [0.05, 0.1) is 22.5 Å². The maximum Gasteiger partial charge on any atom is 0.143 e. The van der Waals surface area contributed by atoms with Gasteiger partial charge in [0.15, 0.2) is 0 Å². The highest BCUT2D eigenvalue weighted by molar-refractivity contribution is 9.10. The Morgan fingerprint density at radius 1 is 1.61 bits per heavy atom. The molecule has 0 bridgehead atoms. The minimum atomic E-state index is 0.330. The van der Waals surface area contributed by atoms with E-state index >= 15 is 0 Å². The van der Waals surface area contributed by atoms with Crippen molar-refractivity contribution in [2.75, 3.05) is 30.3 Å². The molecule has 0 amide bonds. The SMILES string of the molecule is CCN(CC1CCCO1)c1ncc(N)c(C)c1Br. The van der Waals surface area contributed by atoms with Crippen molar-refractivity contribution >= 4 is 27.4 Å². The molecule has 0 saturated carbocycles. The maximum absolute atomic E-state index is 5.86. The third kappa shape index (κ3) is 2.78. The number of nitrogens with two attached hydrogens (primary N) is 1. The van der Waals surface area contributed by atoms with Crippen molar-refractivity contribution < 1.29 is 4.74 Å². The second-order valence-electron chi connectivity index (χ2n) is 4.65. The molecule has 18 heavy (non-hydrogen) atoms. The van der Waals surface area contributed by atoms with Gasteiger partial charge >= 0.3 is 0 Å². The van der Waals surface area contributed by atoms with Crippen LogP contribution in [-0.4, -0.2) is 30.8 Å².